The van der Waals surface area contributed by atoms with Crippen molar-refractivity contribution in [1.82, 2.24) is 20.2 Å². The number of carbonyl (C=O) groups is 1. The molecule has 2 N–H and O–H groups in total. The Kier molecular flexibility index (Phi) is 7.31. The second-order valence-electron chi connectivity index (χ2n) is 11.1. The molecule has 4 atom stereocenters. The Bertz CT molecular complexity index is 1730. The van der Waals surface area contributed by atoms with E-state index in [9.17, 15) is 10.1 Å². The van der Waals surface area contributed by atoms with Crippen molar-refractivity contribution in [2.75, 3.05) is 13.7 Å². The highest BCUT2D eigenvalue weighted by atomic mass is 35.5. The van der Waals surface area contributed by atoms with Crippen molar-refractivity contribution >= 4 is 51.1 Å². The number of carbonyl (C=O) groups excluding carboxylic acids is 1. The Morgan fingerprint density at radius 1 is 1.34 bits per heavy atom. The van der Waals surface area contributed by atoms with Crippen LogP contribution in [0.3, 0.4) is 0 Å². The summed E-state index contributed by atoms with van der Waals surface area (Å²) in [5, 5.41) is 18.0. The standard InChI is InChI=1S/C31H30Cl2FN5O2/c1-15-20-12-25(16(2)38-31(40)41-3)39(14-22-18-11-24(22)36-13-18)30(20)21-10-17(6-5-9-35)26(28(34)29(21)37-15)19-7-4-8-23(32)27(19)33/h4,7-8,10,12,16,18,22,24,36H,5-6,11,13-14H2,1-3H3,(H,38,40)/t16-,18-,22+,24-/m1/s1. The molecule has 2 bridgehead atoms. The zero-order valence-corrected chi connectivity index (χ0v) is 24.5. The molecule has 41 heavy (non-hydrogen) atoms. The highest BCUT2D eigenvalue weighted by Crippen LogP contribution is 2.45. The molecule has 3 fully saturated rings. The zero-order valence-electron chi connectivity index (χ0n) is 23.0. The van der Waals surface area contributed by atoms with Crippen molar-refractivity contribution in [3.05, 3.63) is 63.1 Å². The summed E-state index contributed by atoms with van der Waals surface area (Å²) in [7, 11) is 1.34. The Hall–Kier alpha value is -3.38. The van der Waals surface area contributed by atoms with Crippen molar-refractivity contribution in [1.29, 1.82) is 5.26 Å². The van der Waals surface area contributed by atoms with E-state index in [0.29, 0.717) is 57.1 Å². The molecule has 1 saturated carbocycles. The summed E-state index contributed by atoms with van der Waals surface area (Å²) >= 11 is 12.9. The van der Waals surface area contributed by atoms with Crippen molar-refractivity contribution in [3.8, 4) is 17.2 Å². The molecule has 0 spiro atoms. The number of halogens is 3. The Labute approximate surface area is 247 Å². The smallest absolute Gasteiger partial charge is 0.407 e. The summed E-state index contributed by atoms with van der Waals surface area (Å²) in [6, 6.07) is 11.4. The van der Waals surface area contributed by atoms with E-state index in [-0.39, 0.29) is 23.0 Å². The number of pyridine rings is 1. The molecule has 2 saturated heterocycles. The summed E-state index contributed by atoms with van der Waals surface area (Å²) in [4.78, 5) is 16.9. The van der Waals surface area contributed by atoms with Gasteiger partial charge >= 0.3 is 6.09 Å². The van der Waals surface area contributed by atoms with Crippen LogP contribution in [0.4, 0.5) is 9.18 Å². The van der Waals surface area contributed by atoms with Gasteiger partial charge in [0, 0.05) is 52.3 Å². The van der Waals surface area contributed by atoms with Crippen LogP contribution in [-0.2, 0) is 17.7 Å². The molecule has 2 aromatic heterocycles. The average Bonchev–Trinajstić information content (AvgIpc) is 3.69. The fourth-order valence-electron chi connectivity index (χ4n) is 6.65. The van der Waals surface area contributed by atoms with E-state index in [0.717, 1.165) is 36.1 Å². The number of hydrogen-bond acceptors (Lipinski definition) is 5. The molecule has 7 rings (SSSR count). The summed E-state index contributed by atoms with van der Waals surface area (Å²) in [6.45, 7) is 5.51. The van der Waals surface area contributed by atoms with E-state index >= 15 is 4.39 Å². The van der Waals surface area contributed by atoms with Crippen LogP contribution >= 0.6 is 23.2 Å². The Morgan fingerprint density at radius 3 is 2.83 bits per heavy atom. The minimum absolute atomic E-state index is 0.210. The van der Waals surface area contributed by atoms with Crippen molar-refractivity contribution in [2.24, 2.45) is 11.8 Å². The van der Waals surface area contributed by atoms with E-state index < -0.39 is 11.9 Å². The van der Waals surface area contributed by atoms with E-state index in [4.69, 9.17) is 32.9 Å². The van der Waals surface area contributed by atoms with Crippen molar-refractivity contribution < 1.29 is 13.9 Å². The van der Waals surface area contributed by atoms with Crippen LogP contribution in [0.2, 0.25) is 10.0 Å². The van der Waals surface area contributed by atoms with E-state index in [1.807, 2.05) is 26.0 Å². The van der Waals surface area contributed by atoms with Gasteiger partial charge in [-0.05, 0) is 68.8 Å². The molecule has 2 aromatic carbocycles. The van der Waals surface area contributed by atoms with Crippen LogP contribution in [0, 0.1) is 35.9 Å². The number of hydrogen-bond donors (Lipinski definition) is 2. The molecule has 7 nitrogen and oxygen atoms in total. The first-order chi connectivity index (χ1) is 19.7. The van der Waals surface area contributed by atoms with Gasteiger partial charge in [-0.25, -0.2) is 14.2 Å². The quantitative estimate of drug-likeness (QED) is 0.238. The third kappa shape index (κ3) is 4.61. The predicted molar refractivity (Wildman–Crippen MR) is 159 cm³/mol. The van der Waals surface area contributed by atoms with E-state index in [1.54, 1.807) is 18.2 Å². The summed E-state index contributed by atoms with van der Waals surface area (Å²) in [5.74, 6) is 0.526. The van der Waals surface area contributed by atoms with Gasteiger partial charge in [0.2, 0.25) is 0 Å². The molecule has 212 valence electrons. The molecule has 4 aromatic rings. The van der Waals surface area contributed by atoms with Crippen molar-refractivity contribution in [3.63, 3.8) is 0 Å². The molecule has 0 radical (unpaired) electrons. The lowest BCUT2D eigenvalue weighted by molar-refractivity contribution is 0.166. The van der Waals surface area contributed by atoms with Gasteiger partial charge in [-0.15, -0.1) is 0 Å². The number of aromatic nitrogens is 2. The number of aryl methyl sites for hydroxylation is 2. The maximum Gasteiger partial charge on any atom is 0.407 e. The normalized spacial score (nSPS) is 20.2. The number of amides is 1. The summed E-state index contributed by atoms with van der Waals surface area (Å²) in [6.07, 6.45) is 1.18. The number of alkyl carbamates (subject to hydrolysis) is 1. The number of nitrogens with one attached hydrogen (secondary N) is 2. The number of ether oxygens (including phenoxy) is 1. The number of fused-ring (bicyclic) bond motifs is 4. The maximum atomic E-state index is 16.7. The minimum Gasteiger partial charge on any atom is -0.453 e. The van der Waals surface area contributed by atoms with Gasteiger partial charge in [-0.2, -0.15) is 5.26 Å². The molecule has 4 heterocycles. The first kappa shape index (κ1) is 27.8. The van der Waals surface area contributed by atoms with Crippen LogP contribution in [-0.4, -0.2) is 35.3 Å². The second-order valence-corrected chi connectivity index (χ2v) is 11.8. The van der Waals surface area contributed by atoms with Gasteiger partial charge in [0.15, 0.2) is 5.82 Å². The van der Waals surface area contributed by atoms with Gasteiger partial charge in [-0.3, -0.25) is 0 Å². The molecule has 10 heteroatoms. The third-order valence-corrected chi connectivity index (χ3v) is 9.60. The number of nitriles is 1. The largest absolute Gasteiger partial charge is 0.453 e. The van der Waals surface area contributed by atoms with E-state index in [1.165, 1.54) is 7.11 Å². The SMILES string of the molecule is COC(=O)N[C@H](C)c1cc2c(C)nc3c(F)c(-c4cccc(Cl)c4Cl)c(CCC#N)cc3c2n1C[C@H]1[C@H]2CN[C@@H]1C2. The highest BCUT2D eigenvalue weighted by molar-refractivity contribution is 6.43. The Balaban J connectivity index is 1.64. The van der Waals surface area contributed by atoms with Gasteiger partial charge in [0.25, 0.3) is 0 Å². The first-order valence-electron chi connectivity index (χ1n) is 13.8. The maximum absolute atomic E-state index is 16.7. The number of benzene rings is 2. The van der Waals surface area contributed by atoms with Gasteiger partial charge in [0.05, 0.1) is 34.8 Å². The lowest BCUT2D eigenvalue weighted by Crippen LogP contribution is -2.40. The predicted octanol–water partition coefficient (Wildman–Crippen LogP) is 7.09. The zero-order chi connectivity index (χ0) is 29.0. The number of rotatable bonds is 7. The number of methoxy groups -OCH3 is 1. The third-order valence-electron chi connectivity index (χ3n) is 8.78. The highest BCUT2D eigenvalue weighted by Gasteiger charge is 2.46. The number of nitrogens with zero attached hydrogens (tertiary/aromatic N) is 3. The van der Waals surface area contributed by atoms with Crippen molar-refractivity contribution in [2.45, 2.75) is 51.7 Å². The molecular formula is C31H30Cl2FN5O2. The molecule has 0 unspecified atom stereocenters. The average molecular weight is 595 g/mol. The minimum atomic E-state index is -0.521. The summed E-state index contributed by atoms with van der Waals surface area (Å²) < 4.78 is 23.8. The molecular weight excluding hydrogens is 564 g/mol. The van der Waals surface area contributed by atoms with Crippen LogP contribution in [0.5, 0.6) is 0 Å². The van der Waals surface area contributed by atoms with Crippen LogP contribution in [0.25, 0.3) is 32.9 Å². The Morgan fingerprint density at radius 2 is 2.15 bits per heavy atom. The lowest BCUT2D eigenvalue weighted by Gasteiger charge is -2.36. The fraction of sp³-hybridized carbons (Fsp3) is 0.387. The van der Waals surface area contributed by atoms with E-state index in [2.05, 4.69) is 21.3 Å². The topological polar surface area (TPSA) is 92.0 Å². The van der Waals surface area contributed by atoms with Crippen LogP contribution in [0.1, 0.15) is 42.8 Å². The molecule has 1 aliphatic carbocycles. The molecule has 1 amide bonds. The molecule has 3 aliphatic rings. The van der Waals surface area contributed by atoms with Crippen LogP contribution in [0.15, 0.2) is 30.3 Å². The van der Waals surface area contributed by atoms with Crippen LogP contribution < -0.4 is 10.6 Å². The van der Waals surface area contributed by atoms with Gasteiger partial charge in [0.1, 0.15) is 5.52 Å². The summed E-state index contributed by atoms with van der Waals surface area (Å²) in [5.41, 5.74) is 4.12. The monoisotopic (exact) mass is 593 g/mol. The first-order valence-corrected chi connectivity index (χ1v) is 14.5. The fourth-order valence-corrected chi connectivity index (χ4v) is 7.05. The lowest BCUT2D eigenvalue weighted by atomic mass is 9.74. The van der Waals surface area contributed by atoms with Gasteiger partial charge < -0.3 is 19.9 Å². The van der Waals surface area contributed by atoms with Gasteiger partial charge in [-0.1, -0.05) is 35.3 Å². The molecule has 2 aliphatic heterocycles. The second kappa shape index (κ2) is 10.8.